The largest absolute Gasteiger partial charge is 0.418 e. The zero-order valence-electron chi connectivity index (χ0n) is 20.4. The molecule has 1 saturated heterocycles. The summed E-state index contributed by atoms with van der Waals surface area (Å²) in [5.41, 5.74) is -0.777. The number of alkyl halides is 3. The molecule has 2 aromatic rings. The first-order chi connectivity index (χ1) is 18.0. The first-order valence-electron chi connectivity index (χ1n) is 12.3. The predicted molar refractivity (Wildman–Crippen MR) is 138 cm³/mol. The molecule has 3 N–H and O–H groups in total. The molecule has 4 rings (SSSR count). The fraction of sp³-hybridized carbons (Fsp3) is 0.480. The molecule has 0 bridgehead atoms. The molecular formula is C25H29Cl2F3N4O4. The minimum absolute atomic E-state index is 0.0142. The minimum atomic E-state index is -4.75. The molecular weight excluding hydrogens is 548 g/mol. The van der Waals surface area contributed by atoms with Gasteiger partial charge >= 0.3 is 6.18 Å². The first-order valence-corrected chi connectivity index (χ1v) is 13.0. The maximum Gasteiger partial charge on any atom is 0.418 e. The van der Waals surface area contributed by atoms with Crippen molar-refractivity contribution in [3.63, 3.8) is 0 Å². The van der Waals surface area contributed by atoms with Crippen molar-refractivity contribution in [1.29, 1.82) is 0 Å². The second-order valence-corrected chi connectivity index (χ2v) is 10.3. The van der Waals surface area contributed by atoms with Gasteiger partial charge in [0, 0.05) is 42.9 Å². The number of halogens is 5. The highest BCUT2D eigenvalue weighted by Gasteiger charge is 2.35. The van der Waals surface area contributed by atoms with Crippen LogP contribution in [-0.2, 0) is 15.7 Å². The van der Waals surface area contributed by atoms with E-state index in [1.807, 2.05) is 6.07 Å². The fourth-order valence-electron chi connectivity index (χ4n) is 4.85. The van der Waals surface area contributed by atoms with Gasteiger partial charge in [-0.1, -0.05) is 23.2 Å². The van der Waals surface area contributed by atoms with E-state index in [0.717, 1.165) is 17.8 Å². The van der Waals surface area contributed by atoms with Crippen molar-refractivity contribution in [2.24, 2.45) is 0 Å². The summed E-state index contributed by atoms with van der Waals surface area (Å²) in [5, 5.41) is 21.8. The van der Waals surface area contributed by atoms with Gasteiger partial charge in [-0.05, 0) is 62.1 Å². The maximum atomic E-state index is 13.3. The van der Waals surface area contributed by atoms with Gasteiger partial charge in [0.05, 0.1) is 22.4 Å². The molecule has 0 unspecified atom stereocenters. The third-order valence-electron chi connectivity index (χ3n) is 6.89. The molecule has 8 nitrogen and oxygen atoms in total. The van der Waals surface area contributed by atoms with E-state index in [1.165, 1.54) is 6.07 Å². The number of benzene rings is 2. The molecule has 0 spiro atoms. The Kier molecular flexibility index (Phi) is 9.15. The van der Waals surface area contributed by atoms with Gasteiger partial charge in [-0.25, -0.2) is 0 Å². The lowest BCUT2D eigenvalue weighted by molar-refractivity contribution is -0.139. The zero-order chi connectivity index (χ0) is 27.4. The Labute approximate surface area is 228 Å². The van der Waals surface area contributed by atoms with Crippen LogP contribution < -0.4 is 15.4 Å². The Bertz CT molecular complexity index is 1120. The molecule has 1 aliphatic carbocycles. The smallest absolute Gasteiger partial charge is 0.382 e. The Morgan fingerprint density at radius 3 is 2.32 bits per heavy atom. The van der Waals surface area contributed by atoms with Gasteiger partial charge in [0.1, 0.15) is 12.3 Å². The predicted octanol–water partition coefficient (Wildman–Crippen LogP) is 5.69. The van der Waals surface area contributed by atoms with Crippen LogP contribution in [0.25, 0.3) is 0 Å². The van der Waals surface area contributed by atoms with Crippen LogP contribution in [0.3, 0.4) is 0 Å². The average Bonchev–Trinajstić information content (AvgIpc) is 2.87. The Morgan fingerprint density at radius 1 is 1.03 bits per heavy atom. The van der Waals surface area contributed by atoms with E-state index in [2.05, 4.69) is 10.2 Å². The molecule has 2 aliphatic rings. The molecule has 2 fully saturated rings. The van der Waals surface area contributed by atoms with E-state index in [4.69, 9.17) is 38.4 Å². The topological polar surface area (TPSA) is 88.5 Å². The van der Waals surface area contributed by atoms with Gasteiger partial charge in [0.2, 0.25) is 5.91 Å². The molecule has 0 aromatic heterocycles. The number of carbonyl (C=O) groups is 1. The molecule has 1 saturated carbocycles. The van der Waals surface area contributed by atoms with Crippen molar-refractivity contribution in [3.8, 4) is 0 Å². The zero-order valence-corrected chi connectivity index (χ0v) is 21.9. The maximum absolute atomic E-state index is 13.3. The summed E-state index contributed by atoms with van der Waals surface area (Å²) < 4.78 is 45.7. The lowest BCUT2D eigenvalue weighted by Gasteiger charge is -2.37. The van der Waals surface area contributed by atoms with Gasteiger partial charge in [-0.15, -0.1) is 5.23 Å². The summed E-state index contributed by atoms with van der Waals surface area (Å²) in [4.78, 5) is 16.6. The van der Waals surface area contributed by atoms with E-state index in [9.17, 15) is 18.0 Å². The Hall–Kier alpha value is -2.44. The number of ether oxygens (including phenoxy) is 1. The van der Waals surface area contributed by atoms with Gasteiger partial charge in [0.15, 0.2) is 0 Å². The molecule has 2 aromatic carbocycles. The highest BCUT2D eigenvalue weighted by atomic mass is 35.5. The molecule has 38 heavy (non-hydrogen) atoms. The highest BCUT2D eigenvalue weighted by molar-refractivity contribution is 6.36. The average molecular weight is 577 g/mol. The van der Waals surface area contributed by atoms with Crippen LogP contribution in [0.4, 0.5) is 30.2 Å². The quantitative estimate of drug-likeness (QED) is 0.365. The van der Waals surface area contributed by atoms with Crippen LogP contribution in [0.15, 0.2) is 36.4 Å². The van der Waals surface area contributed by atoms with E-state index in [1.54, 1.807) is 17.0 Å². The van der Waals surface area contributed by atoms with E-state index in [0.29, 0.717) is 61.9 Å². The van der Waals surface area contributed by atoms with Crippen LogP contribution in [0.5, 0.6) is 0 Å². The number of hydrogen-bond donors (Lipinski definition) is 3. The van der Waals surface area contributed by atoms with Crippen molar-refractivity contribution in [2.75, 3.05) is 48.2 Å². The van der Waals surface area contributed by atoms with E-state index in [-0.39, 0.29) is 30.3 Å². The Morgan fingerprint density at radius 2 is 1.71 bits per heavy atom. The second-order valence-electron chi connectivity index (χ2n) is 9.41. The summed E-state index contributed by atoms with van der Waals surface area (Å²) in [6.45, 7) is 2.40. The number of nitrogens with zero attached hydrogens (tertiary/aromatic N) is 3. The SMILES string of the molecule is O=C(COC1CCC(Nc2ccc(N(O)O)c(C(F)(F)F)c2)CC1)N1CCN(c2ccc(Cl)cc2Cl)CC1. The summed E-state index contributed by atoms with van der Waals surface area (Å²) >= 11 is 12.3. The highest BCUT2D eigenvalue weighted by Crippen LogP contribution is 2.38. The number of carbonyl (C=O) groups excluding carboxylic acids is 1. The molecule has 1 amide bonds. The van der Waals surface area contributed by atoms with Crippen LogP contribution in [0.2, 0.25) is 10.0 Å². The van der Waals surface area contributed by atoms with Gasteiger partial charge in [-0.3, -0.25) is 15.2 Å². The molecule has 208 valence electrons. The van der Waals surface area contributed by atoms with Crippen LogP contribution in [0.1, 0.15) is 31.2 Å². The molecule has 1 aliphatic heterocycles. The van der Waals surface area contributed by atoms with Crippen molar-refractivity contribution in [3.05, 3.63) is 52.0 Å². The molecule has 13 heteroatoms. The fourth-order valence-corrected chi connectivity index (χ4v) is 5.38. The summed E-state index contributed by atoms with van der Waals surface area (Å²) in [7, 11) is 0. The van der Waals surface area contributed by atoms with Crippen LogP contribution in [-0.4, -0.2) is 66.2 Å². The summed E-state index contributed by atoms with van der Waals surface area (Å²) in [5.74, 6) is -0.0753. The first kappa shape index (κ1) is 28.6. The normalized spacial score (nSPS) is 20.4. The number of nitrogens with one attached hydrogen (secondary N) is 1. The second kappa shape index (κ2) is 12.2. The standard InChI is InChI=1S/C25H29Cl2F3N4O4/c26-16-1-7-23(21(27)13-16)32-9-11-33(12-10-32)24(35)15-38-19-5-2-17(3-6-19)31-18-4-8-22(34(36)37)20(14-18)25(28,29)30/h1,4,7-8,13-14,17,19,31,36-37H,2-3,5-6,9-12,15H2. The van der Waals surface area contributed by atoms with Crippen LogP contribution >= 0.6 is 23.2 Å². The van der Waals surface area contributed by atoms with Gasteiger partial charge in [-0.2, -0.15) is 13.2 Å². The third-order valence-corrected chi connectivity index (χ3v) is 7.43. The van der Waals surface area contributed by atoms with Crippen LogP contribution in [0, 0.1) is 0 Å². The van der Waals surface area contributed by atoms with Gasteiger partial charge < -0.3 is 19.9 Å². The van der Waals surface area contributed by atoms with Gasteiger partial charge in [0.25, 0.3) is 0 Å². The number of piperazine rings is 1. The number of rotatable bonds is 7. The lowest BCUT2D eigenvalue weighted by atomic mass is 9.92. The van der Waals surface area contributed by atoms with Crippen molar-refractivity contribution < 1.29 is 33.1 Å². The number of amides is 1. The summed E-state index contributed by atoms with van der Waals surface area (Å²) in [6.07, 6.45) is -2.19. The monoisotopic (exact) mass is 576 g/mol. The van der Waals surface area contributed by atoms with Crippen molar-refractivity contribution in [1.82, 2.24) is 4.90 Å². The number of anilines is 3. The third kappa shape index (κ3) is 7.15. The van der Waals surface area contributed by atoms with E-state index < -0.39 is 22.7 Å². The minimum Gasteiger partial charge on any atom is -0.382 e. The van der Waals surface area contributed by atoms with E-state index >= 15 is 0 Å². The lowest BCUT2D eigenvalue weighted by Crippen LogP contribution is -2.50. The summed E-state index contributed by atoms with van der Waals surface area (Å²) in [6, 6.07) is 8.51. The van der Waals surface area contributed by atoms with Crippen molar-refractivity contribution in [2.45, 2.75) is 44.0 Å². The Balaban J connectivity index is 1.20. The van der Waals surface area contributed by atoms with Crippen molar-refractivity contribution >= 4 is 46.2 Å². The molecule has 1 heterocycles. The molecule has 0 atom stereocenters. The number of hydrogen-bond acceptors (Lipinski definition) is 7. The molecule has 0 radical (unpaired) electrons.